The third-order valence-electron chi connectivity index (χ3n) is 5.96. The van der Waals surface area contributed by atoms with Crippen LogP contribution in [0, 0.1) is 0 Å². The molecule has 2 N–H and O–H groups in total. The zero-order valence-corrected chi connectivity index (χ0v) is 18.1. The molecule has 0 bridgehead atoms. The standard InChI is InChI=1S/C26H18F3N3O3/c27-26(28,29)16-7-5-6-15(12-16)14-32-22(20-10-3-4-11-30-20)21(24(34)25(32)35)23(33)18-13-31-19-9-2-1-8-17(18)19/h1-13,22,31,33H,14H2/b23-21-. The summed E-state index contributed by atoms with van der Waals surface area (Å²) in [6.07, 6.45) is -1.54. The highest BCUT2D eigenvalue weighted by Gasteiger charge is 2.47. The highest BCUT2D eigenvalue weighted by Crippen LogP contribution is 2.41. The summed E-state index contributed by atoms with van der Waals surface area (Å²) in [4.78, 5) is 34.7. The molecule has 0 saturated carbocycles. The molecule has 2 aromatic carbocycles. The number of carbonyl (C=O) groups excluding carboxylic acids is 2. The van der Waals surface area contributed by atoms with Crippen LogP contribution in [0.2, 0.25) is 0 Å². The molecule has 1 aliphatic heterocycles. The number of aromatic amines is 1. The Morgan fingerprint density at radius 3 is 2.54 bits per heavy atom. The van der Waals surface area contributed by atoms with E-state index in [-0.39, 0.29) is 23.4 Å². The number of amides is 1. The van der Waals surface area contributed by atoms with Crippen LogP contribution in [0.3, 0.4) is 0 Å². The average Bonchev–Trinajstić information content (AvgIpc) is 3.39. The van der Waals surface area contributed by atoms with Crippen LogP contribution in [0.15, 0.2) is 84.7 Å². The number of carbonyl (C=O) groups is 2. The van der Waals surface area contributed by atoms with Crippen molar-refractivity contribution in [2.24, 2.45) is 0 Å². The topological polar surface area (TPSA) is 86.3 Å². The number of aromatic nitrogens is 2. The fraction of sp³-hybridized carbons (Fsp3) is 0.115. The fourth-order valence-electron chi connectivity index (χ4n) is 4.34. The first-order chi connectivity index (χ1) is 16.8. The Morgan fingerprint density at radius 2 is 1.80 bits per heavy atom. The maximum atomic E-state index is 13.2. The van der Waals surface area contributed by atoms with E-state index in [1.807, 2.05) is 6.07 Å². The Hall–Kier alpha value is -4.40. The van der Waals surface area contributed by atoms with Crippen molar-refractivity contribution in [2.45, 2.75) is 18.8 Å². The number of likely N-dealkylation sites (tertiary alicyclic amines) is 1. The number of hydrogen-bond donors (Lipinski definition) is 2. The first-order valence-corrected chi connectivity index (χ1v) is 10.7. The lowest BCUT2D eigenvalue weighted by atomic mass is 9.98. The number of H-pyrrole nitrogens is 1. The van der Waals surface area contributed by atoms with Gasteiger partial charge >= 0.3 is 6.18 Å². The van der Waals surface area contributed by atoms with Crippen molar-refractivity contribution < 1.29 is 27.9 Å². The maximum absolute atomic E-state index is 13.2. The van der Waals surface area contributed by atoms with Gasteiger partial charge in [-0.25, -0.2) is 0 Å². The molecule has 0 spiro atoms. The Balaban J connectivity index is 1.64. The summed E-state index contributed by atoms with van der Waals surface area (Å²) in [5, 5.41) is 11.9. The SMILES string of the molecule is O=C1C(=O)N(Cc2cccc(C(F)(F)F)c2)C(c2ccccn2)/C1=C(/O)c1c[nH]c2ccccc12. The largest absolute Gasteiger partial charge is 0.507 e. The third kappa shape index (κ3) is 3.95. The second kappa shape index (κ2) is 8.43. The van der Waals surface area contributed by atoms with Gasteiger partial charge in [-0.05, 0) is 35.9 Å². The van der Waals surface area contributed by atoms with E-state index in [1.54, 1.807) is 36.4 Å². The minimum atomic E-state index is -4.56. The summed E-state index contributed by atoms with van der Waals surface area (Å²) in [5.74, 6) is -2.25. The van der Waals surface area contributed by atoms with Gasteiger partial charge in [-0.1, -0.05) is 36.4 Å². The third-order valence-corrected chi connectivity index (χ3v) is 5.96. The molecule has 176 valence electrons. The number of fused-ring (bicyclic) bond motifs is 1. The van der Waals surface area contributed by atoms with Crippen molar-refractivity contribution in [3.63, 3.8) is 0 Å². The second-order valence-corrected chi connectivity index (χ2v) is 8.13. The number of nitrogens with zero attached hydrogens (tertiary/aromatic N) is 2. The fourth-order valence-corrected chi connectivity index (χ4v) is 4.34. The van der Waals surface area contributed by atoms with Gasteiger partial charge in [-0.3, -0.25) is 14.6 Å². The van der Waals surface area contributed by atoms with Gasteiger partial charge in [-0.2, -0.15) is 13.2 Å². The van der Waals surface area contributed by atoms with Crippen molar-refractivity contribution in [1.82, 2.24) is 14.9 Å². The molecule has 35 heavy (non-hydrogen) atoms. The zero-order valence-electron chi connectivity index (χ0n) is 18.1. The molecule has 2 aromatic heterocycles. The van der Waals surface area contributed by atoms with Crippen molar-refractivity contribution >= 4 is 28.4 Å². The number of aliphatic hydroxyl groups is 1. The van der Waals surface area contributed by atoms with Crippen LogP contribution in [-0.4, -0.2) is 31.7 Å². The maximum Gasteiger partial charge on any atom is 0.416 e. The number of pyridine rings is 1. The van der Waals surface area contributed by atoms with Crippen LogP contribution in [0.25, 0.3) is 16.7 Å². The smallest absolute Gasteiger partial charge is 0.416 e. The Labute approximate surface area is 197 Å². The van der Waals surface area contributed by atoms with E-state index in [1.165, 1.54) is 24.5 Å². The van der Waals surface area contributed by atoms with Gasteiger partial charge in [0.05, 0.1) is 16.8 Å². The van der Waals surface area contributed by atoms with E-state index in [4.69, 9.17) is 0 Å². The summed E-state index contributed by atoms with van der Waals surface area (Å²) in [6, 6.07) is 15.5. The van der Waals surface area contributed by atoms with Crippen molar-refractivity contribution in [1.29, 1.82) is 0 Å². The lowest BCUT2D eigenvalue weighted by molar-refractivity contribution is -0.140. The molecule has 9 heteroatoms. The number of hydrogen-bond acceptors (Lipinski definition) is 4. The molecule has 1 atom stereocenters. The molecule has 6 nitrogen and oxygen atoms in total. The van der Waals surface area contributed by atoms with E-state index in [2.05, 4.69) is 9.97 Å². The minimum Gasteiger partial charge on any atom is -0.507 e. The molecule has 1 saturated heterocycles. The molecule has 1 fully saturated rings. The average molecular weight is 477 g/mol. The van der Waals surface area contributed by atoms with Gasteiger partial charge in [0.25, 0.3) is 11.7 Å². The van der Waals surface area contributed by atoms with Crippen LogP contribution in [0.4, 0.5) is 13.2 Å². The summed E-state index contributed by atoms with van der Waals surface area (Å²) in [6.45, 7) is -0.277. The van der Waals surface area contributed by atoms with Crippen LogP contribution in [0.5, 0.6) is 0 Å². The second-order valence-electron chi connectivity index (χ2n) is 8.13. The number of halogens is 3. The van der Waals surface area contributed by atoms with E-state index >= 15 is 0 Å². The van der Waals surface area contributed by atoms with E-state index < -0.39 is 29.5 Å². The predicted octanol–water partition coefficient (Wildman–Crippen LogP) is 5.20. The normalized spacial score (nSPS) is 17.9. The van der Waals surface area contributed by atoms with Gasteiger partial charge in [0, 0.05) is 35.4 Å². The summed E-state index contributed by atoms with van der Waals surface area (Å²) < 4.78 is 39.7. The first kappa shape index (κ1) is 22.4. The zero-order chi connectivity index (χ0) is 24.7. The molecule has 3 heterocycles. The van der Waals surface area contributed by atoms with Crippen LogP contribution >= 0.6 is 0 Å². The summed E-state index contributed by atoms with van der Waals surface area (Å²) in [5.41, 5.74) is 0.514. The molecular weight excluding hydrogens is 459 g/mol. The van der Waals surface area contributed by atoms with Gasteiger partial charge < -0.3 is 15.0 Å². The summed E-state index contributed by atoms with van der Waals surface area (Å²) >= 11 is 0. The van der Waals surface area contributed by atoms with Gasteiger partial charge in [-0.15, -0.1) is 0 Å². The molecule has 0 aliphatic carbocycles. The van der Waals surface area contributed by atoms with E-state index in [9.17, 15) is 27.9 Å². The molecule has 1 amide bonds. The molecule has 1 unspecified atom stereocenters. The molecule has 0 radical (unpaired) electrons. The molecule has 4 aromatic rings. The first-order valence-electron chi connectivity index (χ1n) is 10.7. The van der Waals surface area contributed by atoms with Gasteiger partial charge in [0.1, 0.15) is 11.8 Å². The Kier molecular flexibility index (Phi) is 5.39. The molecular formula is C26H18F3N3O3. The predicted molar refractivity (Wildman–Crippen MR) is 122 cm³/mol. The minimum absolute atomic E-state index is 0.176. The van der Waals surface area contributed by atoms with E-state index in [0.717, 1.165) is 22.5 Å². The van der Waals surface area contributed by atoms with Gasteiger partial charge in [0.2, 0.25) is 0 Å². The molecule has 1 aliphatic rings. The number of rotatable bonds is 4. The van der Waals surface area contributed by atoms with Gasteiger partial charge in [0.15, 0.2) is 0 Å². The number of alkyl halides is 3. The highest BCUT2D eigenvalue weighted by molar-refractivity contribution is 6.46. The number of para-hydroxylation sites is 1. The quantitative estimate of drug-likeness (QED) is 0.240. The van der Waals surface area contributed by atoms with Crippen LogP contribution in [0.1, 0.15) is 28.4 Å². The lowest BCUT2D eigenvalue weighted by Crippen LogP contribution is -2.29. The van der Waals surface area contributed by atoms with Crippen molar-refractivity contribution in [3.05, 3.63) is 107 Å². The summed E-state index contributed by atoms with van der Waals surface area (Å²) in [7, 11) is 0. The highest BCUT2D eigenvalue weighted by atomic mass is 19.4. The Bertz CT molecular complexity index is 1480. The van der Waals surface area contributed by atoms with Crippen molar-refractivity contribution in [2.75, 3.05) is 0 Å². The van der Waals surface area contributed by atoms with E-state index in [0.29, 0.717) is 16.6 Å². The monoisotopic (exact) mass is 477 g/mol. The number of Topliss-reactive ketones (excluding diaryl/α,β-unsaturated/α-hetero) is 1. The van der Waals surface area contributed by atoms with Crippen molar-refractivity contribution in [3.8, 4) is 0 Å². The number of nitrogens with one attached hydrogen (secondary N) is 1. The number of benzene rings is 2. The van der Waals surface area contributed by atoms with Crippen LogP contribution < -0.4 is 0 Å². The van der Waals surface area contributed by atoms with Crippen LogP contribution in [-0.2, 0) is 22.3 Å². The number of ketones is 1. The Morgan fingerprint density at radius 1 is 1.03 bits per heavy atom. The molecule has 5 rings (SSSR count). The lowest BCUT2D eigenvalue weighted by Gasteiger charge is -2.25. The number of aliphatic hydroxyl groups excluding tert-OH is 1.